The summed E-state index contributed by atoms with van der Waals surface area (Å²) in [5.74, 6) is -0.706. The summed E-state index contributed by atoms with van der Waals surface area (Å²) in [4.78, 5) is 47.6. The van der Waals surface area contributed by atoms with Crippen LogP contribution in [0.2, 0.25) is 0 Å². The molecule has 5 rings (SSSR count). The molecular weight excluding hydrogens is 498 g/mol. The number of amides is 1. The van der Waals surface area contributed by atoms with Crippen LogP contribution in [0.3, 0.4) is 0 Å². The van der Waals surface area contributed by atoms with Crippen LogP contribution in [0.5, 0.6) is 0 Å². The van der Waals surface area contributed by atoms with Gasteiger partial charge in [0.15, 0.2) is 4.80 Å². The minimum absolute atomic E-state index is 0.0499. The van der Waals surface area contributed by atoms with Crippen LogP contribution < -0.4 is 19.8 Å². The van der Waals surface area contributed by atoms with Crippen LogP contribution >= 0.6 is 11.3 Å². The molecule has 38 heavy (non-hydrogen) atoms. The Morgan fingerprint density at radius 3 is 2.37 bits per heavy atom. The van der Waals surface area contributed by atoms with Gasteiger partial charge >= 0.3 is 5.97 Å². The van der Waals surface area contributed by atoms with Crippen molar-refractivity contribution >= 4 is 34.5 Å². The number of likely N-dealkylation sites (N-methyl/N-ethyl adjacent to an activating group) is 1. The lowest BCUT2D eigenvalue weighted by Crippen LogP contribution is -2.41. The molecular formula is C30H31N3O4S. The second-order valence-electron chi connectivity index (χ2n) is 10.4. The van der Waals surface area contributed by atoms with Gasteiger partial charge in [0.2, 0.25) is 0 Å². The molecule has 0 unspecified atom stereocenters. The van der Waals surface area contributed by atoms with Crippen molar-refractivity contribution < 1.29 is 14.3 Å². The lowest BCUT2D eigenvalue weighted by Gasteiger charge is -2.26. The Labute approximate surface area is 225 Å². The van der Waals surface area contributed by atoms with Crippen molar-refractivity contribution in [2.24, 2.45) is 4.99 Å². The number of para-hydroxylation sites is 1. The third-order valence-electron chi connectivity index (χ3n) is 7.05. The summed E-state index contributed by atoms with van der Waals surface area (Å²) in [5, 5.41) is 0. The van der Waals surface area contributed by atoms with Gasteiger partial charge < -0.3 is 9.64 Å². The maximum atomic E-state index is 14.1. The van der Waals surface area contributed by atoms with Gasteiger partial charge in [-0.3, -0.25) is 14.2 Å². The molecule has 0 saturated heterocycles. The van der Waals surface area contributed by atoms with E-state index >= 15 is 0 Å². The van der Waals surface area contributed by atoms with Gasteiger partial charge in [0.05, 0.1) is 35.2 Å². The third-order valence-corrected chi connectivity index (χ3v) is 8.10. The summed E-state index contributed by atoms with van der Waals surface area (Å²) in [5.41, 5.74) is 4.26. The number of hydrogen-bond donors (Lipinski definition) is 0. The molecule has 7 nitrogen and oxygen atoms in total. The molecule has 0 aliphatic carbocycles. The quantitative estimate of drug-likeness (QED) is 0.481. The summed E-state index contributed by atoms with van der Waals surface area (Å²) < 4.78 is 7.27. The number of benzene rings is 2. The molecule has 0 N–H and O–H groups in total. The normalized spacial score (nSPS) is 18.3. The summed E-state index contributed by atoms with van der Waals surface area (Å²) in [6.07, 6.45) is 0. The predicted molar refractivity (Wildman–Crippen MR) is 149 cm³/mol. The largest absolute Gasteiger partial charge is 0.463 e. The topological polar surface area (TPSA) is 81.0 Å². The van der Waals surface area contributed by atoms with E-state index < -0.39 is 12.0 Å². The molecule has 2 aliphatic rings. The maximum Gasteiger partial charge on any atom is 0.338 e. The van der Waals surface area contributed by atoms with Gasteiger partial charge in [-0.2, -0.15) is 0 Å². The van der Waals surface area contributed by atoms with E-state index in [1.807, 2.05) is 55.5 Å². The number of anilines is 1. The first-order chi connectivity index (χ1) is 18.1. The number of thiazole rings is 1. The molecule has 1 amide bonds. The second kappa shape index (κ2) is 9.51. The van der Waals surface area contributed by atoms with Crippen molar-refractivity contribution in [1.82, 2.24) is 4.57 Å². The molecule has 196 valence electrons. The van der Waals surface area contributed by atoms with Crippen LogP contribution in [0, 0.1) is 0 Å². The van der Waals surface area contributed by atoms with Crippen molar-refractivity contribution in [2.75, 3.05) is 18.1 Å². The molecule has 0 spiro atoms. The molecule has 1 aromatic heterocycles. The average molecular weight is 530 g/mol. The van der Waals surface area contributed by atoms with E-state index in [1.54, 1.807) is 23.3 Å². The fourth-order valence-corrected chi connectivity index (χ4v) is 6.27. The zero-order valence-electron chi connectivity index (χ0n) is 22.5. The highest BCUT2D eigenvalue weighted by atomic mass is 32.1. The fourth-order valence-electron chi connectivity index (χ4n) is 5.14. The molecule has 0 saturated carbocycles. The Morgan fingerprint density at radius 1 is 1.05 bits per heavy atom. The van der Waals surface area contributed by atoms with Crippen LogP contribution in [-0.4, -0.2) is 29.6 Å². The molecule has 2 aliphatic heterocycles. The van der Waals surface area contributed by atoms with E-state index in [1.165, 1.54) is 11.3 Å². The zero-order chi connectivity index (χ0) is 27.4. The summed E-state index contributed by atoms with van der Waals surface area (Å²) >= 11 is 1.19. The van der Waals surface area contributed by atoms with Gasteiger partial charge in [0.25, 0.3) is 11.5 Å². The van der Waals surface area contributed by atoms with E-state index in [0.29, 0.717) is 32.7 Å². The highest BCUT2D eigenvalue weighted by Crippen LogP contribution is 2.35. The standard InChI is InChI=1S/C30H31N3O4S/c1-7-32-21-12-10-9-11-20(21)23(26(32)34)25-27(35)33-24(18-13-15-19(16-14-18)30(4,5)6)22(28(36)37-8-2)17(3)31-29(33)38-25/h9-16,24H,7-8H2,1-6H3/t24-/m0/s1. The molecule has 2 aromatic carbocycles. The molecule has 0 bridgehead atoms. The first-order valence-electron chi connectivity index (χ1n) is 12.8. The number of allylic oxidation sites excluding steroid dienone is 1. The van der Waals surface area contributed by atoms with Gasteiger partial charge in [0, 0.05) is 12.1 Å². The monoisotopic (exact) mass is 529 g/mol. The molecule has 0 radical (unpaired) electrons. The highest BCUT2D eigenvalue weighted by Gasteiger charge is 2.37. The number of fused-ring (bicyclic) bond motifs is 2. The lowest BCUT2D eigenvalue weighted by molar-refractivity contribution is -0.139. The molecule has 0 fully saturated rings. The lowest BCUT2D eigenvalue weighted by atomic mass is 9.85. The number of hydrogen-bond acceptors (Lipinski definition) is 6. The smallest absolute Gasteiger partial charge is 0.338 e. The van der Waals surface area contributed by atoms with Crippen molar-refractivity contribution in [3.63, 3.8) is 0 Å². The molecule has 3 aromatic rings. The van der Waals surface area contributed by atoms with E-state index in [2.05, 4.69) is 25.8 Å². The number of aromatic nitrogens is 1. The Balaban J connectivity index is 1.79. The Bertz CT molecular complexity index is 1670. The summed E-state index contributed by atoms with van der Waals surface area (Å²) in [6, 6.07) is 14.8. The van der Waals surface area contributed by atoms with Crippen molar-refractivity contribution in [3.05, 3.63) is 96.2 Å². The highest BCUT2D eigenvalue weighted by molar-refractivity contribution is 7.07. The van der Waals surface area contributed by atoms with Crippen LogP contribution in [0.4, 0.5) is 5.69 Å². The SMILES string of the molecule is CCOC(=O)C1=C(C)N=c2sc(=C3C(=O)N(CC)c4ccccc43)c(=O)n2[C@H]1c1ccc(C(C)(C)C)cc1. The van der Waals surface area contributed by atoms with Gasteiger partial charge in [0.1, 0.15) is 4.53 Å². The minimum Gasteiger partial charge on any atom is -0.463 e. The second-order valence-corrected chi connectivity index (χ2v) is 11.4. The summed E-state index contributed by atoms with van der Waals surface area (Å²) in [7, 11) is 0. The average Bonchev–Trinajstić information content (AvgIpc) is 3.34. The first-order valence-corrected chi connectivity index (χ1v) is 13.6. The van der Waals surface area contributed by atoms with Crippen LogP contribution in [0.1, 0.15) is 64.3 Å². The van der Waals surface area contributed by atoms with Crippen LogP contribution in [-0.2, 0) is 19.7 Å². The molecule has 1 atom stereocenters. The predicted octanol–water partition coefficient (Wildman–Crippen LogP) is 3.83. The zero-order valence-corrected chi connectivity index (χ0v) is 23.3. The minimum atomic E-state index is -0.720. The van der Waals surface area contributed by atoms with Crippen LogP contribution in [0.25, 0.3) is 5.57 Å². The molecule has 8 heteroatoms. The van der Waals surface area contributed by atoms with Crippen molar-refractivity contribution in [2.45, 2.75) is 53.0 Å². The number of carbonyl (C=O) groups excluding carboxylic acids is 2. The Morgan fingerprint density at radius 2 is 1.74 bits per heavy atom. The summed E-state index contributed by atoms with van der Waals surface area (Å²) in [6.45, 7) is 12.5. The fraction of sp³-hybridized carbons (Fsp3) is 0.333. The van der Waals surface area contributed by atoms with E-state index in [4.69, 9.17) is 4.74 Å². The molecule has 3 heterocycles. The van der Waals surface area contributed by atoms with E-state index in [9.17, 15) is 14.4 Å². The van der Waals surface area contributed by atoms with Crippen molar-refractivity contribution in [1.29, 1.82) is 0 Å². The van der Waals surface area contributed by atoms with Gasteiger partial charge in [-0.1, -0.05) is 74.6 Å². The number of esters is 1. The van der Waals surface area contributed by atoms with Gasteiger partial charge in [-0.05, 0) is 43.4 Å². The number of nitrogens with zero attached hydrogens (tertiary/aromatic N) is 3. The number of ether oxygens (including phenoxy) is 1. The van der Waals surface area contributed by atoms with Gasteiger partial charge in [-0.15, -0.1) is 0 Å². The van der Waals surface area contributed by atoms with E-state index in [-0.39, 0.29) is 23.5 Å². The number of carbonyl (C=O) groups is 2. The van der Waals surface area contributed by atoms with Gasteiger partial charge in [-0.25, -0.2) is 9.79 Å². The van der Waals surface area contributed by atoms with Crippen molar-refractivity contribution in [3.8, 4) is 0 Å². The Hall–Kier alpha value is -3.78. The maximum absolute atomic E-state index is 14.1. The van der Waals surface area contributed by atoms with E-state index in [0.717, 1.165) is 22.4 Å². The first kappa shape index (κ1) is 25.9. The Kier molecular flexibility index (Phi) is 6.47. The van der Waals surface area contributed by atoms with Crippen LogP contribution in [0.15, 0.2) is 69.6 Å². The third kappa shape index (κ3) is 4.04. The number of rotatable bonds is 4.